The molecule has 114 valence electrons. The highest BCUT2D eigenvalue weighted by atomic mass is 16.5. The molecule has 2 aromatic rings. The maximum absolute atomic E-state index is 11.4. The van der Waals surface area contributed by atoms with Gasteiger partial charge in [0, 0.05) is 5.56 Å². The van der Waals surface area contributed by atoms with Crippen LogP contribution >= 0.6 is 0 Å². The Hall–Kier alpha value is -2.62. The van der Waals surface area contributed by atoms with E-state index in [9.17, 15) is 14.7 Å². The van der Waals surface area contributed by atoms with E-state index < -0.39 is 5.97 Å². The summed E-state index contributed by atoms with van der Waals surface area (Å²) in [6, 6.07) is 12.2. The van der Waals surface area contributed by atoms with Gasteiger partial charge in [0.1, 0.15) is 11.3 Å². The third-order valence-electron chi connectivity index (χ3n) is 3.30. The second kappa shape index (κ2) is 6.89. The summed E-state index contributed by atoms with van der Waals surface area (Å²) in [7, 11) is 0. The van der Waals surface area contributed by atoms with Gasteiger partial charge in [-0.05, 0) is 36.6 Å². The maximum Gasteiger partial charge on any atom is 0.339 e. The summed E-state index contributed by atoms with van der Waals surface area (Å²) in [5, 5.41) is 9.33. The van der Waals surface area contributed by atoms with Gasteiger partial charge in [-0.1, -0.05) is 37.3 Å². The van der Waals surface area contributed by atoms with Gasteiger partial charge in [0.25, 0.3) is 0 Å². The van der Waals surface area contributed by atoms with Crippen LogP contribution in [-0.4, -0.2) is 23.5 Å². The van der Waals surface area contributed by atoms with Crippen molar-refractivity contribution in [1.29, 1.82) is 0 Å². The van der Waals surface area contributed by atoms with E-state index >= 15 is 0 Å². The van der Waals surface area contributed by atoms with Gasteiger partial charge in [0.15, 0.2) is 5.78 Å². The molecule has 0 heterocycles. The molecule has 22 heavy (non-hydrogen) atoms. The van der Waals surface area contributed by atoms with Gasteiger partial charge in [-0.2, -0.15) is 0 Å². The highest BCUT2D eigenvalue weighted by molar-refractivity contribution is 5.95. The molecular formula is C18H18O4. The molecular weight excluding hydrogens is 280 g/mol. The van der Waals surface area contributed by atoms with Crippen molar-refractivity contribution in [2.45, 2.75) is 20.3 Å². The summed E-state index contributed by atoms with van der Waals surface area (Å²) in [5.41, 5.74) is 2.40. The molecule has 0 aliphatic heterocycles. The fourth-order valence-electron chi connectivity index (χ4n) is 2.11. The van der Waals surface area contributed by atoms with E-state index in [-0.39, 0.29) is 11.3 Å². The van der Waals surface area contributed by atoms with Crippen LogP contribution in [0.3, 0.4) is 0 Å². The lowest BCUT2D eigenvalue weighted by molar-refractivity contribution is 0.0692. The minimum atomic E-state index is -1.02. The Bertz CT molecular complexity index is 687. The van der Waals surface area contributed by atoms with E-state index in [1.807, 2.05) is 25.1 Å². The van der Waals surface area contributed by atoms with Gasteiger partial charge >= 0.3 is 5.97 Å². The van der Waals surface area contributed by atoms with Crippen LogP contribution in [0.1, 0.15) is 41.0 Å². The summed E-state index contributed by atoms with van der Waals surface area (Å²) >= 11 is 0. The number of carboxylic acids is 1. The Morgan fingerprint density at radius 1 is 1.05 bits per heavy atom. The van der Waals surface area contributed by atoms with Gasteiger partial charge in [-0.3, -0.25) is 4.79 Å². The van der Waals surface area contributed by atoms with E-state index in [0.29, 0.717) is 17.9 Å². The molecule has 0 unspecified atom stereocenters. The normalized spacial score (nSPS) is 10.3. The Morgan fingerprint density at radius 2 is 1.68 bits per heavy atom. The van der Waals surface area contributed by atoms with Crippen LogP contribution in [0.4, 0.5) is 0 Å². The van der Waals surface area contributed by atoms with Crippen LogP contribution < -0.4 is 4.74 Å². The summed E-state index contributed by atoms with van der Waals surface area (Å²) in [5.74, 6) is -0.646. The van der Waals surface area contributed by atoms with Gasteiger partial charge in [-0.15, -0.1) is 0 Å². The molecule has 0 atom stereocenters. The van der Waals surface area contributed by atoms with Crippen LogP contribution in [0.25, 0.3) is 11.1 Å². The Morgan fingerprint density at radius 3 is 2.23 bits per heavy atom. The van der Waals surface area contributed by atoms with E-state index in [2.05, 4.69) is 0 Å². The quantitative estimate of drug-likeness (QED) is 0.817. The second-order valence-corrected chi connectivity index (χ2v) is 5.00. The molecule has 0 radical (unpaired) electrons. The first kappa shape index (κ1) is 15.8. The highest BCUT2D eigenvalue weighted by Gasteiger charge is 2.13. The predicted molar refractivity (Wildman–Crippen MR) is 84.6 cm³/mol. The average molecular weight is 298 g/mol. The third kappa shape index (κ3) is 3.52. The smallest absolute Gasteiger partial charge is 0.339 e. The lowest BCUT2D eigenvalue weighted by Gasteiger charge is -2.10. The monoisotopic (exact) mass is 298 g/mol. The van der Waals surface area contributed by atoms with Crippen molar-refractivity contribution in [2.24, 2.45) is 0 Å². The topological polar surface area (TPSA) is 63.6 Å². The average Bonchev–Trinajstić information content (AvgIpc) is 2.52. The number of rotatable bonds is 6. The first-order valence-corrected chi connectivity index (χ1v) is 7.14. The molecule has 0 aromatic heterocycles. The number of ketones is 1. The maximum atomic E-state index is 11.4. The van der Waals surface area contributed by atoms with E-state index in [0.717, 1.165) is 17.5 Å². The van der Waals surface area contributed by atoms with Crippen LogP contribution in [0, 0.1) is 0 Å². The molecule has 2 aromatic carbocycles. The molecule has 0 saturated carbocycles. The Kier molecular flexibility index (Phi) is 4.94. The molecule has 0 aliphatic carbocycles. The van der Waals surface area contributed by atoms with Crippen LogP contribution in [0.5, 0.6) is 5.75 Å². The zero-order chi connectivity index (χ0) is 16.1. The summed E-state index contributed by atoms with van der Waals surface area (Å²) in [6.07, 6.45) is 0.813. The Labute approximate surface area is 129 Å². The summed E-state index contributed by atoms with van der Waals surface area (Å²) < 4.78 is 5.46. The van der Waals surface area contributed by atoms with Gasteiger partial charge < -0.3 is 9.84 Å². The molecule has 4 nitrogen and oxygen atoms in total. The molecule has 0 saturated heterocycles. The van der Waals surface area contributed by atoms with Gasteiger partial charge in [0.05, 0.1) is 6.61 Å². The summed E-state index contributed by atoms with van der Waals surface area (Å²) in [4.78, 5) is 22.7. The number of Topliss-reactive ketones (excluding diaryl/α,β-unsaturated/α-hetero) is 1. The standard InChI is InChI=1S/C18H18O4/c1-3-10-22-17-9-8-15(11-16(17)18(20)21)14-6-4-13(5-7-14)12(2)19/h4-9,11H,3,10H2,1-2H3,(H,20,21). The van der Waals surface area contributed by atoms with E-state index in [1.165, 1.54) is 6.92 Å². The van der Waals surface area contributed by atoms with Crippen LogP contribution in [0.15, 0.2) is 42.5 Å². The lowest BCUT2D eigenvalue weighted by Crippen LogP contribution is -2.04. The van der Waals surface area contributed by atoms with Crippen molar-refractivity contribution >= 4 is 11.8 Å². The number of carbonyl (C=O) groups is 2. The van der Waals surface area contributed by atoms with Crippen molar-refractivity contribution in [3.8, 4) is 16.9 Å². The number of ether oxygens (including phenoxy) is 1. The number of hydrogen-bond acceptors (Lipinski definition) is 3. The molecule has 0 aliphatic rings. The second-order valence-electron chi connectivity index (χ2n) is 5.00. The number of carbonyl (C=O) groups excluding carboxylic acids is 1. The third-order valence-corrected chi connectivity index (χ3v) is 3.30. The highest BCUT2D eigenvalue weighted by Crippen LogP contribution is 2.27. The zero-order valence-corrected chi connectivity index (χ0v) is 12.6. The molecule has 0 fully saturated rings. The number of benzene rings is 2. The molecule has 4 heteroatoms. The minimum absolute atomic E-state index is 0.00101. The molecule has 1 N–H and O–H groups in total. The largest absolute Gasteiger partial charge is 0.493 e. The summed E-state index contributed by atoms with van der Waals surface area (Å²) in [6.45, 7) is 3.95. The fraction of sp³-hybridized carbons (Fsp3) is 0.222. The molecule has 0 spiro atoms. The first-order chi connectivity index (χ1) is 10.5. The van der Waals surface area contributed by atoms with Crippen LogP contribution in [-0.2, 0) is 0 Å². The SMILES string of the molecule is CCCOc1ccc(-c2ccc(C(C)=O)cc2)cc1C(=O)O. The minimum Gasteiger partial charge on any atom is -0.493 e. The van der Waals surface area contributed by atoms with Gasteiger partial charge in [-0.25, -0.2) is 4.79 Å². The number of carboxylic acid groups (broad SMARTS) is 1. The molecule has 0 amide bonds. The van der Waals surface area contributed by atoms with Crippen molar-refractivity contribution in [3.63, 3.8) is 0 Å². The van der Waals surface area contributed by atoms with Crippen molar-refractivity contribution in [1.82, 2.24) is 0 Å². The number of hydrogen-bond donors (Lipinski definition) is 1. The van der Waals surface area contributed by atoms with Crippen molar-refractivity contribution in [2.75, 3.05) is 6.61 Å². The van der Waals surface area contributed by atoms with Crippen molar-refractivity contribution in [3.05, 3.63) is 53.6 Å². The zero-order valence-electron chi connectivity index (χ0n) is 12.6. The van der Waals surface area contributed by atoms with E-state index in [1.54, 1.807) is 24.3 Å². The van der Waals surface area contributed by atoms with Crippen LogP contribution in [0.2, 0.25) is 0 Å². The molecule has 0 bridgehead atoms. The lowest BCUT2D eigenvalue weighted by atomic mass is 10.0. The first-order valence-electron chi connectivity index (χ1n) is 7.14. The fourth-order valence-corrected chi connectivity index (χ4v) is 2.11. The van der Waals surface area contributed by atoms with E-state index in [4.69, 9.17) is 4.74 Å². The molecule has 2 rings (SSSR count). The predicted octanol–water partition coefficient (Wildman–Crippen LogP) is 4.04. The van der Waals surface area contributed by atoms with Gasteiger partial charge in [0.2, 0.25) is 0 Å². The number of aromatic carboxylic acids is 1. The Balaban J connectivity index is 2.37. The van der Waals surface area contributed by atoms with Crippen molar-refractivity contribution < 1.29 is 19.4 Å².